The first-order chi connectivity index (χ1) is 17.2. The number of sulfonamides is 1. The van der Waals surface area contributed by atoms with E-state index in [0.29, 0.717) is 41.7 Å². The summed E-state index contributed by atoms with van der Waals surface area (Å²) in [6.45, 7) is 4.35. The molecule has 1 aliphatic rings. The van der Waals surface area contributed by atoms with E-state index in [1.807, 2.05) is 6.92 Å². The van der Waals surface area contributed by atoms with Crippen LogP contribution in [0.25, 0.3) is 22.4 Å². The smallest absolute Gasteiger partial charge is 0.255 e. The van der Waals surface area contributed by atoms with Gasteiger partial charge in [0, 0.05) is 38.0 Å². The normalized spacial score (nSPS) is 14.4. The van der Waals surface area contributed by atoms with E-state index >= 15 is 0 Å². The lowest BCUT2D eigenvalue weighted by Gasteiger charge is -2.24. The molecule has 0 spiro atoms. The van der Waals surface area contributed by atoms with Crippen LogP contribution in [0.5, 0.6) is 0 Å². The van der Waals surface area contributed by atoms with Gasteiger partial charge in [-0.1, -0.05) is 18.9 Å². The molecule has 1 aromatic carbocycles. The second kappa shape index (κ2) is 11.2. The minimum Gasteiger partial charge on any atom is -0.437 e. The molecule has 0 radical (unpaired) electrons. The Labute approximate surface area is 215 Å². The van der Waals surface area contributed by atoms with Gasteiger partial charge >= 0.3 is 0 Å². The Kier molecular flexibility index (Phi) is 8.21. The van der Waals surface area contributed by atoms with Gasteiger partial charge in [-0.3, -0.25) is 13.4 Å². The van der Waals surface area contributed by atoms with Crippen molar-refractivity contribution in [2.45, 2.75) is 32.6 Å². The zero-order chi connectivity index (χ0) is 25.9. The summed E-state index contributed by atoms with van der Waals surface area (Å²) < 4.78 is 48.8. The third kappa shape index (κ3) is 5.68. The zero-order valence-electron chi connectivity index (χ0n) is 20.7. The molecule has 4 rings (SSSR count). The summed E-state index contributed by atoms with van der Waals surface area (Å²) in [7, 11) is -2.10. The van der Waals surface area contributed by atoms with Crippen molar-refractivity contribution < 1.29 is 22.0 Å². The number of furan rings is 1. The molecule has 0 atom stereocenters. The van der Waals surface area contributed by atoms with Gasteiger partial charge in [0.15, 0.2) is 0 Å². The molecule has 0 aliphatic carbocycles. The molecule has 0 bridgehead atoms. The number of amides is 1. The van der Waals surface area contributed by atoms with Gasteiger partial charge in [0.05, 0.1) is 17.2 Å². The number of carbonyl (C=O) groups excluding carboxylic acids is 1. The molecule has 1 fully saturated rings. The fraction of sp³-hybridized carbons (Fsp3) is 0.440. The molecule has 11 heteroatoms. The van der Waals surface area contributed by atoms with Crippen molar-refractivity contribution >= 4 is 44.8 Å². The highest BCUT2D eigenvalue weighted by Gasteiger charge is 2.27. The maximum Gasteiger partial charge on any atom is 0.255 e. The molecule has 194 valence electrons. The number of nitrogens with zero attached hydrogens (tertiary/aromatic N) is 3. The molecule has 2 aromatic heterocycles. The minimum absolute atomic E-state index is 0.153. The zero-order valence-corrected chi connectivity index (χ0v) is 22.3. The van der Waals surface area contributed by atoms with Crippen molar-refractivity contribution in [1.82, 2.24) is 14.6 Å². The highest BCUT2D eigenvalue weighted by Crippen LogP contribution is 2.36. The van der Waals surface area contributed by atoms with Crippen molar-refractivity contribution in [2.24, 2.45) is 0 Å². The van der Waals surface area contributed by atoms with Gasteiger partial charge < -0.3 is 9.73 Å². The van der Waals surface area contributed by atoms with Crippen LogP contribution in [0.1, 0.15) is 42.1 Å². The van der Waals surface area contributed by atoms with Gasteiger partial charge in [0.1, 0.15) is 17.4 Å². The van der Waals surface area contributed by atoms with E-state index < -0.39 is 15.8 Å². The number of aryl methyl sites for hydroxylation is 1. The monoisotopic (exact) mass is 534 g/mol. The van der Waals surface area contributed by atoms with Gasteiger partial charge in [0.2, 0.25) is 15.7 Å². The number of anilines is 1. The van der Waals surface area contributed by atoms with Crippen molar-refractivity contribution in [1.29, 1.82) is 0 Å². The van der Waals surface area contributed by atoms with E-state index in [4.69, 9.17) is 4.42 Å². The Hall–Kier alpha value is -2.63. The lowest BCUT2D eigenvalue weighted by molar-refractivity contribution is 0.0964. The van der Waals surface area contributed by atoms with Gasteiger partial charge in [-0.15, -0.1) is 0 Å². The second-order valence-corrected chi connectivity index (χ2v) is 11.8. The number of benzene rings is 1. The summed E-state index contributed by atoms with van der Waals surface area (Å²) in [5, 5.41) is 3.10. The first-order valence-corrected chi connectivity index (χ1v) is 14.8. The first kappa shape index (κ1) is 26.4. The summed E-state index contributed by atoms with van der Waals surface area (Å²) in [6, 6.07) is 7.41. The van der Waals surface area contributed by atoms with Crippen LogP contribution in [-0.2, 0) is 16.4 Å². The number of hydrogen-bond donors (Lipinski definition) is 1. The summed E-state index contributed by atoms with van der Waals surface area (Å²) in [5.74, 6) is 0.595. The summed E-state index contributed by atoms with van der Waals surface area (Å²) in [4.78, 5) is 17.4. The molecule has 1 N–H and O–H groups in total. The topological polar surface area (TPSA) is 95.8 Å². The quantitative estimate of drug-likeness (QED) is 0.303. The maximum absolute atomic E-state index is 13.5. The van der Waals surface area contributed by atoms with Crippen LogP contribution in [0, 0.1) is 5.82 Å². The van der Waals surface area contributed by atoms with Gasteiger partial charge in [-0.25, -0.2) is 12.8 Å². The third-order valence-corrected chi connectivity index (χ3v) is 8.52. The second-order valence-electron chi connectivity index (χ2n) is 8.73. The third-order valence-electron chi connectivity index (χ3n) is 6.16. The largest absolute Gasteiger partial charge is 0.437 e. The van der Waals surface area contributed by atoms with Gasteiger partial charge in [0.25, 0.3) is 5.91 Å². The lowest BCUT2D eigenvalue weighted by Crippen LogP contribution is -2.33. The molecular formula is C25H31FN4O4S2. The van der Waals surface area contributed by atoms with E-state index in [-0.39, 0.29) is 22.9 Å². The van der Waals surface area contributed by atoms with Crippen LogP contribution < -0.4 is 9.62 Å². The van der Waals surface area contributed by atoms with E-state index in [0.717, 1.165) is 18.8 Å². The Morgan fingerprint density at radius 1 is 1.25 bits per heavy atom. The summed E-state index contributed by atoms with van der Waals surface area (Å²) in [5.41, 5.74) is 1.64. The van der Waals surface area contributed by atoms with Crippen LogP contribution in [0.15, 0.2) is 34.7 Å². The SMILES string of the molecule is CCc1cc2c(C(=O)NC)c(-c3ccc(F)cc3)oc2nc1N(CCCSN1CCCC1)S(C)(=O)=O. The minimum atomic E-state index is -3.61. The Morgan fingerprint density at radius 3 is 2.56 bits per heavy atom. The number of fused-ring (bicyclic) bond motifs is 1. The molecule has 0 unspecified atom stereocenters. The molecule has 0 saturated carbocycles. The van der Waals surface area contributed by atoms with E-state index in [1.54, 1.807) is 18.0 Å². The lowest BCUT2D eigenvalue weighted by atomic mass is 10.0. The van der Waals surface area contributed by atoms with Crippen LogP contribution in [0.4, 0.5) is 10.2 Å². The molecule has 3 heterocycles. The van der Waals surface area contributed by atoms with Crippen molar-refractivity contribution in [2.75, 3.05) is 43.0 Å². The highest BCUT2D eigenvalue weighted by atomic mass is 32.2. The Balaban J connectivity index is 1.74. The predicted octanol–water partition coefficient (Wildman–Crippen LogP) is 4.46. The number of pyridine rings is 1. The van der Waals surface area contributed by atoms with Crippen LogP contribution >= 0.6 is 11.9 Å². The molecule has 1 amide bonds. The average molecular weight is 535 g/mol. The number of rotatable bonds is 10. The molecule has 8 nitrogen and oxygen atoms in total. The summed E-state index contributed by atoms with van der Waals surface area (Å²) >= 11 is 1.76. The van der Waals surface area contributed by atoms with E-state index in [2.05, 4.69) is 14.6 Å². The maximum atomic E-state index is 13.5. The molecule has 36 heavy (non-hydrogen) atoms. The molecule has 3 aromatic rings. The van der Waals surface area contributed by atoms with Gasteiger partial charge in [-0.05, 0) is 61.6 Å². The number of hydrogen-bond acceptors (Lipinski definition) is 7. The van der Waals surface area contributed by atoms with Gasteiger partial charge in [-0.2, -0.15) is 4.98 Å². The summed E-state index contributed by atoms with van der Waals surface area (Å²) in [6.07, 6.45) is 4.76. The Bertz CT molecular complexity index is 1340. The average Bonchev–Trinajstić information content (AvgIpc) is 3.50. The Morgan fingerprint density at radius 2 is 1.94 bits per heavy atom. The van der Waals surface area contributed by atoms with Crippen LogP contribution in [-0.4, -0.2) is 62.3 Å². The fourth-order valence-electron chi connectivity index (χ4n) is 4.33. The number of carbonyl (C=O) groups is 1. The van der Waals surface area contributed by atoms with E-state index in [9.17, 15) is 17.6 Å². The number of aromatic nitrogens is 1. The van der Waals surface area contributed by atoms with Crippen LogP contribution in [0.3, 0.4) is 0 Å². The van der Waals surface area contributed by atoms with Crippen molar-refractivity contribution in [3.63, 3.8) is 0 Å². The molecule has 1 saturated heterocycles. The fourth-order valence-corrected chi connectivity index (χ4v) is 6.30. The van der Waals surface area contributed by atoms with Crippen molar-refractivity contribution in [3.05, 3.63) is 47.3 Å². The van der Waals surface area contributed by atoms with Crippen molar-refractivity contribution in [3.8, 4) is 11.3 Å². The number of halogens is 1. The predicted molar refractivity (Wildman–Crippen MR) is 142 cm³/mol. The molecular weight excluding hydrogens is 503 g/mol. The van der Waals surface area contributed by atoms with E-state index in [1.165, 1.54) is 54.7 Å². The molecule has 1 aliphatic heterocycles. The number of nitrogens with one attached hydrogen (secondary N) is 1. The van der Waals surface area contributed by atoms with Crippen LogP contribution in [0.2, 0.25) is 0 Å². The standard InChI is InChI=1S/C25H31FN4O4S2/c1-4-17-16-20-21(24(31)27-2)22(18-8-10-19(26)11-9-18)34-25(20)28-23(17)30(36(3,32)33)14-7-15-35-29-12-5-6-13-29/h8-11,16H,4-7,12-15H2,1-3H3,(H,27,31). The first-order valence-electron chi connectivity index (χ1n) is 12.0. The highest BCUT2D eigenvalue weighted by molar-refractivity contribution is 7.97.